The summed E-state index contributed by atoms with van der Waals surface area (Å²) in [6.07, 6.45) is 2.79. The van der Waals surface area contributed by atoms with Crippen molar-refractivity contribution in [1.29, 1.82) is 0 Å². The average molecular weight is 247 g/mol. The summed E-state index contributed by atoms with van der Waals surface area (Å²) in [7, 11) is 0. The van der Waals surface area contributed by atoms with Crippen LogP contribution in [0.3, 0.4) is 0 Å². The topological polar surface area (TPSA) is 66.4 Å². The number of benzene rings is 1. The number of carboxylic acid groups (broad SMARTS) is 1. The lowest BCUT2D eigenvalue weighted by Crippen LogP contribution is -2.39. The number of hydrogen-bond donors (Lipinski definition) is 2. The molecule has 1 atom stereocenters. The highest BCUT2D eigenvalue weighted by Crippen LogP contribution is 2.27. The zero-order valence-corrected chi connectivity index (χ0v) is 10.3. The quantitative estimate of drug-likeness (QED) is 0.855. The highest BCUT2D eigenvalue weighted by Gasteiger charge is 2.29. The molecule has 1 aliphatic carbocycles. The van der Waals surface area contributed by atoms with Crippen LogP contribution in [0.5, 0.6) is 0 Å². The Balaban J connectivity index is 2.13. The van der Waals surface area contributed by atoms with Gasteiger partial charge >= 0.3 is 5.97 Å². The van der Waals surface area contributed by atoms with Gasteiger partial charge in [-0.3, -0.25) is 4.79 Å². The Labute approximate surface area is 106 Å². The van der Waals surface area contributed by atoms with E-state index >= 15 is 0 Å². The van der Waals surface area contributed by atoms with Crippen LogP contribution < -0.4 is 5.32 Å². The third-order valence-corrected chi connectivity index (χ3v) is 3.38. The number of aryl methyl sites for hydroxylation is 1. The van der Waals surface area contributed by atoms with Crippen molar-refractivity contribution in [2.45, 2.75) is 32.2 Å². The fourth-order valence-electron chi connectivity index (χ4n) is 2.07. The van der Waals surface area contributed by atoms with E-state index in [9.17, 15) is 14.7 Å². The number of carboxylic acids is 1. The summed E-state index contributed by atoms with van der Waals surface area (Å²) >= 11 is 0. The maximum absolute atomic E-state index is 11.8. The standard InChI is InChI=1S/C14H17NO3/c1-9-4-2-7-11(8-9)12(14(17)18)15-13(16)10-5-3-6-10/h2,4,7-8,10,12H,3,5-6H2,1H3,(H,15,16)(H,17,18)/t12-/m1/s1. The largest absolute Gasteiger partial charge is 0.479 e. The van der Waals surface area contributed by atoms with Gasteiger partial charge in [-0.05, 0) is 25.3 Å². The molecule has 1 fully saturated rings. The molecular formula is C14H17NO3. The van der Waals surface area contributed by atoms with Gasteiger partial charge in [0.1, 0.15) is 0 Å². The summed E-state index contributed by atoms with van der Waals surface area (Å²) in [6, 6.07) is 6.27. The van der Waals surface area contributed by atoms with Crippen LogP contribution >= 0.6 is 0 Å². The van der Waals surface area contributed by atoms with Crippen LogP contribution in [0.15, 0.2) is 24.3 Å². The predicted octanol–water partition coefficient (Wildman–Crippen LogP) is 2.04. The minimum atomic E-state index is -1.02. The van der Waals surface area contributed by atoms with E-state index in [4.69, 9.17) is 0 Å². The van der Waals surface area contributed by atoms with E-state index in [1.165, 1.54) is 0 Å². The number of amides is 1. The van der Waals surface area contributed by atoms with Crippen molar-refractivity contribution < 1.29 is 14.7 Å². The van der Waals surface area contributed by atoms with Gasteiger partial charge in [-0.1, -0.05) is 36.2 Å². The van der Waals surface area contributed by atoms with Crippen molar-refractivity contribution >= 4 is 11.9 Å². The summed E-state index contributed by atoms with van der Waals surface area (Å²) in [6.45, 7) is 1.90. The molecule has 96 valence electrons. The first-order valence-corrected chi connectivity index (χ1v) is 6.17. The van der Waals surface area contributed by atoms with Crippen molar-refractivity contribution in [1.82, 2.24) is 5.32 Å². The number of aliphatic carboxylic acids is 1. The molecule has 1 aromatic carbocycles. The Morgan fingerprint density at radius 1 is 1.39 bits per heavy atom. The Kier molecular flexibility index (Phi) is 3.65. The predicted molar refractivity (Wildman–Crippen MR) is 67.0 cm³/mol. The minimum Gasteiger partial charge on any atom is -0.479 e. The van der Waals surface area contributed by atoms with E-state index in [1.54, 1.807) is 18.2 Å². The van der Waals surface area contributed by atoms with Crippen molar-refractivity contribution in [3.8, 4) is 0 Å². The van der Waals surface area contributed by atoms with E-state index in [2.05, 4.69) is 5.32 Å². The lowest BCUT2D eigenvalue weighted by molar-refractivity contribution is -0.143. The molecule has 1 aliphatic rings. The fraction of sp³-hybridized carbons (Fsp3) is 0.429. The zero-order valence-electron chi connectivity index (χ0n) is 10.3. The molecule has 0 bridgehead atoms. The third-order valence-electron chi connectivity index (χ3n) is 3.38. The highest BCUT2D eigenvalue weighted by atomic mass is 16.4. The van der Waals surface area contributed by atoms with Crippen LogP contribution in [-0.4, -0.2) is 17.0 Å². The van der Waals surface area contributed by atoms with E-state index in [-0.39, 0.29) is 11.8 Å². The molecule has 1 saturated carbocycles. The maximum atomic E-state index is 11.8. The van der Waals surface area contributed by atoms with Gasteiger partial charge in [0.15, 0.2) is 6.04 Å². The van der Waals surface area contributed by atoms with Gasteiger partial charge in [-0.2, -0.15) is 0 Å². The Bertz CT molecular complexity index is 466. The lowest BCUT2D eigenvalue weighted by Gasteiger charge is -2.26. The molecule has 1 amide bonds. The van der Waals surface area contributed by atoms with E-state index in [1.807, 2.05) is 13.0 Å². The van der Waals surface area contributed by atoms with Crippen LogP contribution in [0.1, 0.15) is 36.4 Å². The second kappa shape index (κ2) is 5.21. The molecule has 0 radical (unpaired) electrons. The molecule has 0 aromatic heterocycles. The number of nitrogens with one attached hydrogen (secondary N) is 1. The Hall–Kier alpha value is -1.84. The van der Waals surface area contributed by atoms with Gasteiger partial charge in [-0.15, -0.1) is 0 Å². The average Bonchev–Trinajstić information content (AvgIpc) is 2.23. The fourth-order valence-corrected chi connectivity index (χ4v) is 2.07. The second-order valence-electron chi connectivity index (χ2n) is 4.82. The highest BCUT2D eigenvalue weighted by molar-refractivity contribution is 5.86. The van der Waals surface area contributed by atoms with E-state index in [0.29, 0.717) is 5.56 Å². The van der Waals surface area contributed by atoms with Crippen LogP contribution in [0.4, 0.5) is 0 Å². The van der Waals surface area contributed by atoms with Crippen molar-refractivity contribution in [3.05, 3.63) is 35.4 Å². The molecule has 0 spiro atoms. The zero-order chi connectivity index (χ0) is 13.1. The first kappa shape index (κ1) is 12.6. The first-order chi connectivity index (χ1) is 8.58. The van der Waals surface area contributed by atoms with Crippen LogP contribution in [-0.2, 0) is 9.59 Å². The molecule has 1 aromatic rings. The molecule has 0 heterocycles. The number of hydrogen-bond acceptors (Lipinski definition) is 2. The van der Waals surface area contributed by atoms with Gasteiger partial charge in [0.2, 0.25) is 5.91 Å². The van der Waals surface area contributed by atoms with Gasteiger partial charge in [0.05, 0.1) is 0 Å². The minimum absolute atomic E-state index is 0.00309. The SMILES string of the molecule is Cc1cccc([C@@H](NC(=O)C2CCC2)C(=O)O)c1. The van der Waals surface area contributed by atoms with Gasteiger partial charge in [0, 0.05) is 5.92 Å². The molecule has 4 heteroatoms. The summed E-state index contributed by atoms with van der Waals surface area (Å²) in [5, 5.41) is 11.8. The van der Waals surface area contributed by atoms with Gasteiger partial charge in [0.25, 0.3) is 0 Å². The smallest absolute Gasteiger partial charge is 0.330 e. The van der Waals surface area contributed by atoms with Crippen LogP contribution in [0.2, 0.25) is 0 Å². The molecule has 2 rings (SSSR count). The van der Waals surface area contributed by atoms with Gasteiger partial charge < -0.3 is 10.4 Å². The number of carbonyl (C=O) groups excluding carboxylic acids is 1. The van der Waals surface area contributed by atoms with E-state index in [0.717, 1.165) is 24.8 Å². The molecule has 0 saturated heterocycles. The molecular weight excluding hydrogens is 230 g/mol. The molecule has 0 unspecified atom stereocenters. The maximum Gasteiger partial charge on any atom is 0.330 e. The lowest BCUT2D eigenvalue weighted by atomic mass is 9.84. The Morgan fingerprint density at radius 3 is 2.61 bits per heavy atom. The summed E-state index contributed by atoms with van der Waals surface area (Å²) in [5.41, 5.74) is 1.60. The van der Waals surface area contributed by atoms with Gasteiger partial charge in [-0.25, -0.2) is 4.79 Å². The third kappa shape index (κ3) is 2.70. The summed E-state index contributed by atoms with van der Waals surface area (Å²) < 4.78 is 0. The Morgan fingerprint density at radius 2 is 2.11 bits per heavy atom. The van der Waals surface area contributed by atoms with Crippen molar-refractivity contribution in [2.75, 3.05) is 0 Å². The van der Waals surface area contributed by atoms with Crippen LogP contribution in [0, 0.1) is 12.8 Å². The monoisotopic (exact) mass is 247 g/mol. The number of carbonyl (C=O) groups is 2. The summed E-state index contributed by atoms with van der Waals surface area (Å²) in [5.74, 6) is -1.17. The van der Waals surface area contributed by atoms with Crippen molar-refractivity contribution in [3.63, 3.8) is 0 Å². The van der Waals surface area contributed by atoms with E-state index < -0.39 is 12.0 Å². The molecule has 4 nitrogen and oxygen atoms in total. The molecule has 0 aliphatic heterocycles. The second-order valence-corrected chi connectivity index (χ2v) is 4.82. The molecule has 2 N–H and O–H groups in total. The number of rotatable bonds is 4. The summed E-state index contributed by atoms with van der Waals surface area (Å²) in [4.78, 5) is 23.1. The van der Waals surface area contributed by atoms with Crippen LogP contribution in [0.25, 0.3) is 0 Å². The first-order valence-electron chi connectivity index (χ1n) is 6.17. The normalized spacial score (nSPS) is 16.7. The van der Waals surface area contributed by atoms with Crippen molar-refractivity contribution in [2.24, 2.45) is 5.92 Å². The molecule has 18 heavy (non-hydrogen) atoms.